The number of carbonyl (C=O) groups is 1. The molecular formula is C21H23FN2O3. The van der Waals surface area contributed by atoms with E-state index in [2.05, 4.69) is 9.88 Å². The Morgan fingerprint density at radius 2 is 1.81 bits per heavy atom. The summed E-state index contributed by atoms with van der Waals surface area (Å²) in [6.07, 6.45) is 3.23. The fourth-order valence-corrected chi connectivity index (χ4v) is 4.65. The van der Waals surface area contributed by atoms with Crippen molar-refractivity contribution in [2.45, 2.75) is 24.9 Å². The van der Waals surface area contributed by atoms with Crippen LogP contribution in [0.2, 0.25) is 0 Å². The van der Waals surface area contributed by atoms with Crippen molar-refractivity contribution in [3.05, 3.63) is 59.7 Å². The van der Waals surface area contributed by atoms with Crippen LogP contribution in [-0.4, -0.2) is 51.1 Å². The fraction of sp³-hybridized carbons (Fsp3) is 0.429. The number of aliphatic hydroxyl groups is 1. The Morgan fingerprint density at radius 1 is 1.15 bits per heavy atom. The van der Waals surface area contributed by atoms with E-state index in [0.717, 1.165) is 18.7 Å². The number of hydrogen-bond donors (Lipinski definition) is 2. The lowest BCUT2D eigenvalue weighted by molar-refractivity contribution is 0.0355. The van der Waals surface area contributed by atoms with E-state index >= 15 is 0 Å². The molecule has 2 atom stereocenters. The van der Waals surface area contributed by atoms with Crippen LogP contribution in [0.3, 0.4) is 0 Å². The molecule has 1 saturated carbocycles. The van der Waals surface area contributed by atoms with Gasteiger partial charge in [0, 0.05) is 19.5 Å². The van der Waals surface area contributed by atoms with Gasteiger partial charge < -0.3 is 10.2 Å². The van der Waals surface area contributed by atoms with Crippen LogP contribution < -0.4 is 0 Å². The Morgan fingerprint density at radius 3 is 2.41 bits per heavy atom. The maximum Gasteiger partial charge on any atom is 0.195 e. The minimum absolute atomic E-state index is 0.0442. The summed E-state index contributed by atoms with van der Waals surface area (Å²) >= 11 is 0. The van der Waals surface area contributed by atoms with Gasteiger partial charge in [-0.1, -0.05) is 12.1 Å². The van der Waals surface area contributed by atoms with Gasteiger partial charge in [-0.2, -0.15) is 0 Å². The van der Waals surface area contributed by atoms with E-state index in [4.69, 9.17) is 0 Å². The number of ketones is 1. The first kappa shape index (κ1) is 18.1. The molecule has 2 fully saturated rings. The van der Waals surface area contributed by atoms with E-state index in [0.29, 0.717) is 43.3 Å². The number of halogens is 1. The summed E-state index contributed by atoms with van der Waals surface area (Å²) in [6, 6.07) is 9.33. The number of pyridine rings is 1. The van der Waals surface area contributed by atoms with Crippen LogP contribution in [-0.2, 0) is 6.42 Å². The molecule has 1 aliphatic carbocycles. The van der Waals surface area contributed by atoms with Gasteiger partial charge in [0.2, 0.25) is 0 Å². The van der Waals surface area contributed by atoms with Crippen molar-refractivity contribution >= 4 is 5.78 Å². The first-order chi connectivity index (χ1) is 12.9. The zero-order valence-corrected chi connectivity index (χ0v) is 15.0. The summed E-state index contributed by atoms with van der Waals surface area (Å²) < 4.78 is 13.1. The second-order valence-electron chi connectivity index (χ2n) is 7.97. The summed E-state index contributed by atoms with van der Waals surface area (Å²) in [6.45, 7) is 1.89. The molecule has 0 amide bonds. The zero-order chi connectivity index (χ0) is 19.0. The standard InChI is InChI=1S/C21H23FN2O3/c22-17-3-1-14(2-4-17)7-21(27)8-15-11-24(12-16(15)9-21)13-20(26)19-6-5-18(25)10-23-19/h1-6,10,15-16,25,27H,7-9,11-13H2. The van der Waals surface area contributed by atoms with E-state index in [9.17, 15) is 19.4 Å². The lowest BCUT2D eigenvalue weighted by atomic mass is 9.91. The number of aromatic hydroxyl groups is 1. The van der Waals surface area contributed by atoms with Crippen LogP contribution in [0.5, 0.6) is 5.75 Å². The van der Waals surface area contributed by atoms with Gasteiger partial charge in [0.1, 0.15) is 17.3 Å². The van der Waals surface area contributed by atoms with Crippen molar-refractivity contribution < 1.29 is 19.4 Å². The molecule has 6 heteroatoms. The molecule has 2 N–H and O–H groups in total. The average Bonchev–Trinajstić information content (AvgIpc) is 3.11. The predicted octanol–water partition coefficient (Wildman–Crippen LogP) is 2.42. The molecule has 2 aromatic rings. The van der Waals surface area contributed by atoms with Crippen molar-refractivity contribution in [3.8, 4) is 5.75 Å². The molecule has 2 heterocycles. The second-order valence-corrected chi connectivity index (χ2v) is 7.97. The minimum Gasteiger partial charge on any atom is -0.506 e. The molecule has 2 unspecified atom stereocenters. The molecule has 5 nitrogen and oxygen atoms in total. The lowest BCUT2D eigenvalue weighted by Crippen LogP contribution is -2.34. The summed E-state index contributed by atoms with van der Waals surface area (Å²) in [5.74, 6) is 0.462. The summed E-state index contributed by atoms with van der Waals surface area (Å²) in [4.78, 5) is 18.5. The monoisotopic (exact) mass is 370 g/mol. The third-order valence-electron chi connectivity index (χ3n) is 5.78. The predicted molar refractivity (Wildman–Crippen MR) is 97.9 cm³/mol. The largest absolute Gasteiger partial charge is 0.506 e. The van der Waals surface area contributed by atoms with Crippen LogP contribution in [0, 0.1) is 17.7 Å². The number of benzene rings is 1. The van der Waals surface area contributed by atoms with Gasteiger partial charge in [-0.15, -0.1) is 0 Å². The third-order valence-corrected chi connectivity index (χ3v) is 5.78. The normalized spacial score (nSPS) is 27.6. The van der Waals surface area contributed by atoms with E-state index in [1.54, 1.807) is 12.1 Å². The Hall–Kier alpha value is -2.31. The van der Waals surface area contributed by atoms with Crippen molar-refractivity contribution in [2.24, 2.45) is 11.8 Å². The van der Waals surface area contributed by atoms with Gasteiger partial charge >= 0.3 is 0 Å². The number of Topliss-reactive ketones (excluding diaryl/α,β-unsaturated/α-hetero) is 1. The van der Waals surface area contributed by atoms with Gasteiger partial charge in [-0.05, 0) is 54.5 Å². The maximum absolute atomic E-state index is 13.1. The molecule has 27 heavy (non-hydrogen) atoms. The van der Waals surface area contributed by atoms with Crippen molar-refractivity contribution in [2.75, 3.05) is 19.6 Å². The molecule has 142 valence electrons. The van der Waals surface area contributed by atoms with Crippen molar-refractivity contribution in [1.82, 2.24) is 9.88 Å². The van der Waals surface area contributed by atoms with E-state index in [1.165, 1.54) is 30.5 Å². The Kier molecular flexibility index (Phi) is 4.70. The smallest absolute Gasteiger partial charge is 0.195 e. The topological polar surface area (TPSA) is 73.7 Å². The number of fused-ring (bicyclic) bond motifs is 1. The lowest BCUT2D eigenvalue weighted by Gasteiger charge is -2.26. The van der Waals surface area contributed by atoms with Gasteiger partial charge in [-0.3, -0.25) is 9.69 Å². The Bertz CT molecular complexity index is 808. The average molecular weight is 370 g/mol. The van der Waals surface area contributed by atoms with Crippen molar-refractivity contribution in [3.63, 3.8) is 0 Å². The summed E-state index contributed by atoms with van der Waals surface area (Å²) in [5, 5.41) is 20.3. The fourth-order valence-electron chi connectivity index (χ4n) is 4.65. The first-order valence-electron chi connectivity index (χ1n) is 9.28. The molecule has 1 saturated heterocycles. The number of rotatable bonds is 5. The van der Waals surface area contributed by atoms with Crippen LogP contribution in [0.25, 0.3) is 0 Å². The molecule has 0 spiro atoms. The highest BCUT2D eigenvalue weighted by atomic mass is 19.1. The number of nitrogens with zero attached hydrogens (tertiary/aromatic N) is 2. The third kappa shape index (κ3) is 4.01. The van der Waals surface area contributed by atoms with Crippen LogP contribution in [0.1, 0.15) is 28.9 Å². The molecule has 1 aliphatic heterocycles. The van der Waals surface area contributed by atoms with E-state index in [1.807, 2.05) is 0 Å². The number of aromatic nitrogens is 1. The summed E-state index contributed by atoms with van der Waals surface area (Å²) in [5.41, 5.74) is 0.559. The molecular weight excluding hydrogens is 347 g/mol. The minimum atomic E-state index is -0.748. The highest BCUT2D eigenvalue weighted by Crippen LogP contribution is 2.45. The van der Waals surface area contributed by atoms with Crippen molar-refractivity contribution in [1.29, 1.82) is 0 Å². The highest BCUT2D eigenvalue weighted by molar-refractivity contribution is 5.95. The maximum atomic E-state index is 13.1. The zero-order valence-electron chi connectivity index (χ0n) is 15.0. The Labute approximate surface area is 157 Å². The summed E-state index contributed by atoms with van der Waals surface area (Å²) in [7, 11) is 0. The van der Waals surface area contributed by atoms with E-state index in [-0.39, 0.29) is 17.3 Å². The SMILES string of the molecule is O=C(CN1CC2CC(O)(Cc3ccc(F)cc3)CC2C1)c1ccc(O)cn1. The van der Waals surface area contributed by atoms with Crippen LogP contribution in [0.15, 0.2) is 42.6 Å². The van der Waals surface area contributed by atoms with Gasteiger partial charge in [0.15, 0.2) is 5.78 Å². The van der Waals surface area contributed by atoms with Gasteiger partial charge in [0.05, 0.1) is 18.3 Å². The second kappa shape index (κ2) is 7.02. The van der Waals surface area contributed by atoms with Crippen LogP contribution in [0.4, 0.5) is 4.39 Å². The van der Waals surface area contributed by atoms with E-state index < -0.39 is 5.60 Å². The molecule has 4 rings (SSSR count). The van der Waals surface area contributed by atoms with Crippen LogP contribution >= 0.6 is 0 Å². The molecule has 0 radical (unpaired) electrons. The molecule has 0 bridgehead atoms. The molecule has 1 aromatic heterocycles. The van der Waals surface area contributed by atoms with Gasteiger partial charge in [-0.25, -0.2) is 9.37 Å². The first-order valence-corrected chi connectivity index (χ1v) is 9.28. The number of hydrogen-bond acceptors (Lipinski definition) is 5. The number of carbonyl (C=O) groups excluding carboxylic acids is 1. The van der Waals surface area contributed by atoms with Gasteiger partial charge in [0.25, 0.3) is 0 Å². The quantitative estimate of drug-likeness (QED) is 0.791. The number of likely N-dealkylation sites (tertiary alicyclic amines) is 1. The highest BCUT2D eigenvalue weighted by Gasteiger charge is 2.48. The molecule has 2 aliphatic rings. The molecule has 1 aromatic carbocycles. The Balaban J connectivity index is 1.33.